The van der Waals surface area contributed by atoms with Crippen LogP contribution in [0.15, 0.2) is 114 Å². The first kappa shape index (κ1) is 30.4. The van der Waals surface area contributed by atoms with Gasteiger partial charge in [0.25, 0.3) is 11.5 Å². The van der Waals surface area contributed by atoms with E-state index in [1.54, 1.807) is 22.8 Å². The van der Waals surface area contributed by atoms with E-state index in [4.69, 9.17) is 0 Å². The number of rotatable bonds is 10. The van der Waals surface area contributed by atoms with Crippen LogP contribution >= 0.6 is 0 Å². The van der Waals surface area contributed by atoms with Crippen molar-refractivity contribution < 1.29 is 9.18 Å². The predicted molar refractivity (Wildman–Crippen MR) is 178 cm³/mol. The van der Waals surface area contributed by atoms with Gasteiger partial charge in [-0.2, -0.15) is 0 Å². The molecule has 6 rings (SSSR count). The summed E-state index contributed by atoms with van der Waals surface area (Å²) in [6.07, 6.45) is 1.71. The number of fused-ring (bicyclic) bond motifs is 1. The molecule has 1 aliphatic heterocycles. The Bertz CT molecular complexity index is 1800. The number of benzene rings is 4. The molecule has 0 spiro atoms. The van der Waals surface area contributed by atoms with Crippen LogP contribution in [0.3, 0.4) is 0 Å². The molecule has 45 heavy (non-hydrogen) atoms. The molecule has 0 saturated carbocycles. The SMILES string of the molecule is CC[C@H](NC(=O)c1c(CN2CCN(CCc3ccccc3)CC2)n(-c2ccc(F)cc2)c(=O)c2ccccc12)c1ccccc1. The van der Waals surface area contributed by atoms with Crippen molar-refractivity contribution in [2.24, 2.45) is 0 Å². The topological polar surface area (TPSA) is 57.6 Å². The summed E-state index contributed by atoms with van der Waals surface area (Å²) in [5.41, 5.74) is 3.76. The molecule has 6 nitrogen and oxygen atoms in total. The quantitative estimate of drug-likeness (QED) is 0.202. The Morgan fingerprint density at radius 2 is 1.38 bits per heavy atom. The summed E-state index contributed by atoms with van der Waals surface area (Å²) in [6.45, 7) is 6.86. The van der Waals surface area contributed by atoms with Crippen molar-refractivity contribution in [3.63, 3.8) is 0 Å². The number of nitrogens with zero attached hydrogens (tertiary/aromatic N) is 3. The summed E-state index contributed by atoms with van der Waals surface area (Å²) in [5.74, 6) is -0.610. The van der Waals surface area contributed by atoms with Gasteiger partial charge in [-0.25, -0.2) is 4.39 Å². The van der Waals surface area contributed by atoms with Crippen molar-refractivity contribution in [2.75, 3.05) is 32.7 Å². The number of pyridine rings is 1. The molecule has 0 bridgehead atoms. The van der Waals surface area contributed by atoms with Gasteiger partial charge < -0.3 is 10.2 Å². The van der Waals surface area contributed by atoms with Crippen LogP contribution in [0.1, 0.15) is 46.6 Å². The van der Waals surface area contributed by atoms with E-state index >= 15 is 0 Å². The van der Waals surface area contributed by atoms with E-state index in [9.17, 15) is 14.0 Å². The number of piperazine rings is 1. The zero-order valence-electron chi connectivity index (χ0n) is 25.7. The van der Waals surface area contributed by atoms with E-state index < -0.39 is 0 Å². The van der Waals surface area contributed by atoms with Crippen LogP contribution in [0.5, 0.6) is 0 Å². The Morgan fingerprint density at radius 3 is 2.04 bits per heavy atom. The first-order chi connectivity index (χ1) is 22.0. The van der Waals surface area contributed by atoms with Crippen molar-refractivity contribution >= 4 is 16.7 Å². The van der Waals surface area contributed by atoms with E-state index in [1.807, 2.05) is 61.5 Å². The number of carbonyl (C=O) groups excluding carboxylic acids is 1. The molecule has 1 aliphatic rings. The van der Waals surface area contributed by atoms with Crippen LogP contribution in [-0.2, 0) is 13.0 Å². The summed E-state index contributed by atoms with van der Waals surface area (Å²) in [7, 11) is 0. The third kappa shape index (κ3) is 6.90. The fourth-order valence-corrected chi connectivity index (χ4v) is 6.32. The lowest BCUT2D eigenvalue weighted by Crippen LogP contribution is -2.47. The van der Waals surface area contributed by atoms with Crippen LogP contribution in [0.4, 0.5) is 4.39 Å². The Labute approximate surface area is 263 Å². The van der Waals surface area contributed by atoms with E-state index in [2.05, 4.69) is 39.4 Å². The highest BCUT2D eigenvalue weighted by Crippen LogP contribution is 2.26. The minimum Gasteiger partial charge on any atom is -0.345 e. The van der Waals surface area contributed by atoms with Crippen LogP contribution in [0.2, 0.25) is 0 Å². The molecular formula is C38H39FN4O2. The second-order valence-electron chi connectivity index (χ2n) is 11.7. The smallest absolute Gasteiger partial charge is 0.263 e. The number of halogens is 1. The van der Waals surface area contributed by atoms with Crippen molar-refractivity contribution in [3.8, 4) is 5.69 Å². The average molecular weight is 603 g/mol. The van der Waals surface area contributed by atoms with Crippen molar-refractivity contribution in [1.82, 2.24) is 19.7 Å². The molecule has 1 saturated heterocycles. The Kier molecular flexibility index (Phi) is 9.48. The van der Waals surface area contributed by atoms with Gasteiger partial charge in [0.1, 0.15) is 5.82 Å². The molecule has 1 atom stereocenters. The van der Waals surface area contributed by atoms with Gasteiger partial charge >= 0.3 is 0 Å². The summed E-state index contributed by atoms with van der Waals surface area (Å²) in [5, 5.41) is 4.35. The Morgan fingerprint density at radius 1 is 0.778 bits per heavy atom. The summed E-state index contributed by atoms with van der Waals surface area (Å²) in [6, 6.07) is 33.5. The molecule has 0 unspecified atom stereocenters. The van der Waals surface area contributed by atoms with Crippen LogP contribution in [0, 0.1) is 5.82 Å². The van der Waals surface area contributed by atoms with Crippen molar-refractivity contribution in [3.05, 3.63) is 148 Å². The van der Waals surface area contributed by atoms with Gasteiger partial charge in [-0.05, 0) is 54.3 Å². The van der Waals surface area contributed by atoms with Gasteiger partial charge in [0.05, 0.1) is 17.3 Å². The molecule has 5 aromatic rings. The van der Waals surface area contributed by atoms with Gasteiger partial charge in [0, 0.05) is 55.7 Å². The standard InChI is InChI=1S/C38H39FN4O2/c1-2-34(29-13-7-4-8-14-29)40-37(44)36-32-15-9-10-16-33(32)38(45)43(31-19-17-30(39)18-20-31)35(36)27-42-25-23-41(24-26-42)22-21-28-11-5-3-6-12-28/h3-20,34H,2,21-27H2,1H3,(H,40,44)/t34-/m0/s1. The number of hydrogen-bond acceptors (Lipinski definition) is 4. The normalized spacial score (nSPS) is 14.8. The van der Waals surface area contributed by atoms with Gasteiger partial charge in [-0.3, -0.25) is 19.1 Å². The third-order valence-electron chi connectivity index (χ3n) is 8.81. The van der Waals surface area contributed by atoms with Crippen LogP contribution < -0.4 is 10.9 Å². The molecule has 1 N–H and O–H groups in total. The minimum absolute atomic E-state index is 0.190. The Hall–Kier alpha value is -4.59. The lowest BCUT2D eigenvalue weighted by molar-refractivity contribution is 0.0931. The molecular weight excluding hydrogens is 563 g/mol. The summed E-state index contributed by atoms with van der Waals surface area (Å²) >= 11 is 0. The van der Waals surface area contributed by atoms with Crippen LogP contribution in [-0.4, -0.2) is 53.0 Å². The summed E-state index contributed by atoms with van der Waals surface area (Å²) < 4.78 is 15.6. The van der Waals surface area contributed by atoms with Gasteiger partial charge in [0.15, 0.2) is 0 Å². The average Bonchev–Trinajstić information content (AvgIpc) is 3.08. The fraction of sp³-hybridized carbons (Fsp3) is 0.263. The molecule has 2 heterocycles. The second kappa shape index (κ2) is 14.0. The highest BCUT2D eigenvalue weighted by atomic mass is 19.1. The van der Waals surface area contributed by atoms with Gasteiger partial charge in [0.2, 0.25) is 0 Å². The van der Waals surface area contributed by atoms with Crippen molar-refractivity contribution in [2.45, 2.75) is 32.4 Å². The maximum atomic E-state index is 14.4. The van der Waals surface area contributed by atoms with E-state index in [0.717, 1.165) is 44.7 Å². The Balaban J connectivity index is 1.36. The number of amides is 1. The van der Waals surface area contributed by atoms with E-state index in [-0.39, 0.29) is 23.3 Å². The maximum Gasteiger partial charge on any atom is 0.263 e. The van der Waals surface area contributed by atoms with Crippen LogP contribution in [0.25, 0.3) is 16.5 Å². The lowest BCUT2D eigenvalue weighted by atomic mass is 9.99. The molecule has 0 radical (unpaired) electrons. The molecule has 230 valence electrons. The summed E-state index contributed by atoms with van der Waals surface area (Å²) in [4.78, 5) is 33.3. The largest absolute Gasteiger partial charge is 0.345 e. The number of nitrogens with one attached hydrogen (secondary N) is 1. The first-order valence-electron chi connectivity index (χ1n) is 15.8. The zero-order valence-corrected chi connectivity index (χ0v) is 25.7. The number of carbonyl (C=O) groups is 1. The lowest BCUT2D eigenvalue weighted by Gasteiger charge is -2.35. The van der Waals surface area contributed by atoms with E-state index in [0.29, 0.717) is 40.7 Å². The minimum atomic E-state index is -0.382. The highest BCUT2D eigenvalue weighted by molar-refractivity contribution is 6.08. The zero-order chi connectivity index (χ0) is 31.2. The molecule has 4 aromatic carbocycles. The first-order valence-corrected chi connectivity index (χ1v) is 15.8. The molecule has 0 aliphatic carbocycles. The number of aromatic nitrogens is 1. The maximum absolute atomic E-state index is 14.4. The predicted octanol–water partition coefficient (Wildman–Crippen LogP) is 6.37. The molecule has 1 aromatic heterocycles. The third-order valence-corrected chi connectivity index (χ3v) is 8.81. The molecule has 1 amide bonds. The van der Waals surface area contributed by atoms with Crippen molar-refractivity contribution in [1.29, 1.82) is 0 Å². The highest BCUT2D eigenvalue weighted by Gasteiger charge is 2.27. The molecule has 1 fully saturated rings. The van der Waals surface area contributed by atoms with E-state index in [1.165, 1.54) is 17.7 Å². The van der Waals surface area contributed by atoms with Gasteiger partial charge in [-0.1, -0.05) is 85.8 Å². The number of hydrogen-bond donors (Lipinski definition) is 1. The molecule has 7 heteroatoms. The second-order valence-corrected chi connectivity index (χ2v) is 11.7. The fourth-order valence-electron chi connectivity index (χ4n) is 6.32. The monoisotopic (exact) mass is 602 g/mol. The van der Waals surface area contributed by atoms with Gasteiger partial charge in [-0.15, -0.1) is 0 Å².